The zero-order chi connectivity index (χ0) is 19.7. The van der Waals surface area contributed by atoms with Crippen molar-refractivity contribution < 1.29 is 14.3 Å². The van der Waals surface area contributed by atoms with Crippen LogP contribution in [-0.2, 0) is 9.53 Å². The molecule has 0 atom stereocenters. The van der Waals surface area contributed by atoms with Crippen LogP contribution < -0.4 is 16.0 Å². The summed E-state index contributed by atoms with van der Waals surface area (Å²) in [6.07, 6.45) is 3.25. The number of nitrogens with zero attached hydrogens (tertiary/aromatic N) is 2. The van der Waals surface area contributed by atoms with Gasteiger partial charge in [-0.1, -0.05) is 0 Å². The van der Waals surface area contributed by atoms with Crippen molar-refractivity contribution in [3.63, 3.8) is 0 Å². The maximum atomic E-state index is 11.9. The van der Waals surface area contributed by atoms with Gasteiger partial charge in [-0.25, -0.2) is 9.79 Å². The molecule has 1 aliphatic carbocycles. The van der Waals surface area contributed by atoms with Gasteiger partial charge in [-0.3, -0.25) is 4.79 Å². The highest BCUT2D eigenvalue weighted by Gasteiger charge is 2.25. The van der Waals surface area contributed by atoms with E-state index in [9.17, 15) is 9.59 Å². The Labute approximate surface area is 157 Å². The van der Waals surface area contributed by atoms with E-state index in [0.717, 1.165) is 32.2 Å². The summed E-state index contributed by atoms with van der Waals surface area (Å²) in [6.45, 7) is 8.42. The number of carbonyl (C=O) groups is 2. The average molecular weight is 370 g/mol. The number of ether oxygens (including phenoxy) is 1. The van der Waals surface area contributed by atoms with Gasteiger partial charge in [0.15, 0.2) is 5.96 Å². The molecular weight excluding hydrogens is 334 g/mol. The van der Waals surface area contributed by atoms with E-state index < -0.39 is 5.60 Å². The van der Waals surface area contributed by atoms with E-state index >= 15 is 0 Å². The van der Waals surface area contributed by atoms with Crippen LogP contribution in [0.1, 0.15) is 53.4 Å². The third-order valence-electron chi connectivity index (χ3n) is 4.00. The van der Waals surface area contributed by atoms with Crippen LogP contribution in [0, 0.1) is 0 Å². The maximum absolute atomic E-state index is 11.9. The zero-order valence-electron chi connectivity index (χ0n) is 17.0. The van der Waals surface area contributed by atoms with Crippen LogP contribution in [0.25, 0.3) is 0 Å². The lowest BCUT2D eigenvalue weighted by molar-refractivity contribution is -0.127. The molecule has 3 N–H and O–H groups in total. The minimum atomic E-state index is -0.482. The van der Waals surface area contributed by atoms with Crippen molar-refractivity contribution in [3.05, 3.63) is 0 Å². The minimum Gasteiger partial charge on any atom is -0.444 e. The monoisotopic (exact) mass is 369 g/mol. The van der Waals surface area contributed by atoms with Crippen LogP contribution in [0.2, 0.25) is 0 Å². The number of alkyl carbamates (subject to hydrolysis) is 1. The van der Waals surface area contributed by atoms with Crippen molar-refractivity contribution in [3.8, 4) is 0 Å². The minimum absolute atomic E-state index is 0.0347. The molecule has 1 fully saturated rings. The molecule has 150 valence electrons. The van der Waals surface area contributed by atoms with Crippen LogP contribution in [-0.4, -0.2) is 67.7 Å². The number of likely N-dealkylation sites (N-methyl/N-ethyl adjacent to an activating group) is 1. The zero-order valence-corrected chi connectivity index (χ0v) is 17.0. The second kappa shape index (κ2) is 10.2. The first-order valence-corrected chi connectivity index (χ1v) is 9.35. The predicted octanol–water partition coefficient (Wildman–Crippen LogP) is 1.47. The Hall–Kier alpha value is -1.99. The van der Waals surface area contributed by atoms with Gasteiger partial charge in [0, 0.05) is 32.7 Å². The third kappa shape index (κ3) is 8.92. The van der Waals surface area contributed by atoms with Gasteiger partial charge < -0.3 is 25.6 Å². The first kappa shape index (κ1) is 22.1. The third-order valence-corrected chi connectivity index (χ3v) is 4.00. The fraction of sp³-hybridized carbons (Fsp3) is 0.833. The molecule has 0 unspecified atom stereocenters. The van der Waals surface area contributed by atoms with Crippen LogP contribution >= 0.6 is 0 Å². The Morgan fingerprint density at radius 3 is 2.08 bits per heavy atom. The molecule has 0 heterocycles. The highest BCUT2D eigenvalue weighted by molar-refractivity contribution is 5.84. The summed E-state index contributed by atoms with van der Waals surface area (Å²) in [5, 5.41) is 9.50. The lowest BCUT2D eigenvalue weighted by Gasteiger charge is -2.31. The average Bonchev–Trinajstić information content (AvgIpc) is 2.52. The molecule has 0 aliphatic heterocycles. The molecule has 0 spiro atoms. The van der Waals surface area contributed by atoms with Crippen LogP contribution in [0.15, 0.2) is 4.99 Å². The van der Waals surface area contributed by atoms with E-state index in [2.05, 4.69) is 20.9 Å². The normalized spacial score (nSPS) is 20.9. The second-order valence-electron chi connectivity index (χ2n) is 7.82. The van der Waals surface area contributed by atoms with Crippen molar-refractivity contribution in [1.29, 1.82) is 0 Å². The first-order chi connectivity index (χ1) is 12.1. The molecule has 1 aliphatic rings. The Balaban J connectivity index is 2.44. The molecule has 1 rings (SSSR count). The Kier molecular flexibility index (Phi) is 8.68. The smallest absolute Gasteiger partial charge is 0.407 e. The molecule has 0 aromatic rings. The summed E-state index contributed by atoms with van der Waals surface area (Å²) in [5.74, 6) is 0.624. The van der Waals surface area contributed by atoms with Crippen LogP contribution in [0.3, 0.4) is 0 Å². The molecule has 26 heavy (non-hydrogen) atoms. The van der Waals surface area contributed by atoms with Gasteiger partial charge in [0.2, 0.25) is 5.91 Å². The fourth-order valence-electron chi connectivity index (χ4n) is 2.66. The predicted molar refractivity (Wildman–Crippen MR) is 103 cm³/mol. The number of carbonyl (C=O) groups excluding carboxylic acids is 2. The van der Waals surface area contributed by atoms with Gasteiger partial charge in [0.1, 0.15) is 12.1 Å². The molecule has 0 radical (unpaired) electrons. The molecule has 0 saturated heterocycles. The summed E-state index contributed by atoms with van der Waals surface area (Å²) in [7, 11) is 3.44. The second-order valence-corrected chi connectivity index (χ2v) is 7.82. The summed E-state index contributed by atoms with van der Waals surface area (Å²) in [4.78, 5) is 29.4. The lowest BCUT2D eigenvalue weighted by atomic mass is 9.91. The van der Waals surface area contributed by atoms with Crippen LogP contribution in [0.5, 0.6) is 0 Å². The van der Waals surface area contributed by atoms with Gasteiger partial charge in [-0.15, -0.1) is 0 Å². The number of rotatable bonds is 5. The number of aliphatic imine (C=N–C) groups is 1. The molecule has 1 saturated carbocycles. The van der Waals surface area contributed by atoms with Crippen LogP contribution in [0.4, 0.5) is 4.79 Å². The van der Waals surface area contributed by atoms with Gasteiger partial charge in [-0.2, -0.15) is 0 Å². The number of guanidine groups is 1. The Morgan fingerprint density at radius 2 is 1.62 bits per heavy atom. The highest BCUT2D eigenvalue weighted by Crippen LogP contribution is 2.19. The molecule has 8 heteroatoms. The first-order valence-electron chi connectivity index (χ1n) is 9.35. The Bertz CT molecular complexity index is 492. The number of amides is 2. The molecule has 0 bridgehead atoms. The van der Waals surface area contributed by atoms with Crippen molar-refractivity contribution >= 4 is 18.0 Å². The molecule has 0 aromatic heterocycles. The molecular formula is C18H35N5O3. The SMILES string of the molecule is CCNC(=NCC(=O)N(C)C)NC1CCC(NC(=O)OC(C)(C)C)CC1. The van der Waals surface area contributed by atoms with E-state index in [4.69, 9.17) is 4.74 Å². The fourth-order valence-corrected chi connectivity index (χ4v) is 2.66. The standard InChI is InChI=1S/C18H35N5O3/c1-7-19-16(20-12-15(24)23(5)6)21-13-8-10-14(11-9-13)22-17(25)26-18(2,3)4/h13-14H,7-12H2,1-6H3,(H,22,25)(H2,19,20,21). The molecule has 0 aromatic carbocycles. The summed E-state index contributed by atoms with van der Waals surface area (Å²) < 4.78 is 5.31. The number of hydrogen-bond donors (Lipinski definition) is 3. The summed E-state index contributed by atoms with van der Waals surface area (Å²) in [6, 6.07) is 0.414. The van der Waals surface area contributed by atoms with Crippen molar-refractivity contribution in [2.75, 3.05) is 27.2 Å². The van der Waals surface area contributed by atoms with E-state index in [1.165, 1.54) is 4.90 Å². The largest absolute Gasteiger partial charge is 0.444 e. The van der Waals surface area contributed by atoms with E-state index in [-0.39, 0.29) is 30.6 Å². The van der Waals surface area contributed by atoms with Crippen molar-refractivity contribution in [2.24, 2.45) is 4.99 Å². The van der Waals surface area contributed by atoms with Gasteiger partial charge in [-0.05, 0) is 53.4 Å². The highest BCUT2D eigenvalue weighted by atomic mass is 16.6. The maximum Gasteiger partial charge on any atom is 0.407 e. The number of nitrogens with one attached hydrogen (secondary N) is 3. The van der Waals surface area contributed by atoms with Gasteiger partial charge in [0.25, 0.3) is 0 Å². The van der Waals surface area contributed by atoms with Gasteiger partial charge in [0.05, 0.1) is 0 Å². The number of hydrogen-bond acceptors (Lipinski definition) is 4. The van der Waals surface area contributed by atoms with Crippen molar-refractivity contribution in [2.45, 2.75) is 71.1 Å². The van der Waals surface area contributed by atoms with Crippen molar-refractivity contribution in [1.82, 2.24) is 20.9 Å². The molecule has 8 nitrogen and oxygen atoms in total. The summed E-state index contributed by atoms with van der Waals surface area (Å²) in [5.41, 5.74) is -0.482. The topological polar surface area (TPSA) is 95.1 Å². The summed E-state index contributed by atoms with van der Waals surface area (Å²) >= 11 is 0. The quantitative estimate of drug-likeness (QED) is 0.504. The van der Waals surface area contributed by atoms with Gasteiger partial charge >= 0.3 is 6.09 Å². The van der Waals surface area contributed by atoms with E-state index in [1.807, 2.05) is 27.7 Å². The lowest BCUT2D eigenvalue weighted by Crippen LogP contribution is -2.48. The van der Waals surface area contributed by atoms with E-state index in [0.29, 0.717) is 5.96 Å². The van der Waals surface area contributed by atoms with E-state index in [1.54, 1.807) is 14.1 Å². The molecule has 2 amide bonds. The Morgan fingerprint density at radius 1 is 1.08 bits per heavy atom.